The zero-order valence-electron chi connectivity index (χ0n) is 15.5. The number of halogens is 2. The zero-order valence-corrected chi connectivity index (χ0v) is 18.4. The molecule has 1 saturated heterocycles. The number of carbonyl (C=O) groups is 3. The summed E-state index contributed by atoms with van der Waals surface area (Å²) >= 11 is 8.03. The number of hydrogen-bond donors (Lipinski definition) is 2. The van der Waals surface area contributed by atoms with E-state index in [0.717, 1.165) is 10.5 Å². The van der Waals surface area contributed by atoms with Gasteiger partial charge in [-0.1, -0.05) is 17.7 Å². The average Bonchev–Trinajstić information content (AvgIpc) is 2.65. The summed E-state index contributed by atoms with van der Waals surface area (Å²) < 4.78 is 5.87. The Morgan fingerprint density at radius 1 is 1.24 bits per heavy atom. The van der Waals surface area contributed by atoms with Gasteiger partial charge in [-0.3, -0.25) is 14.9 Å². The van der Waals surface area contributed by atoms with Crippen molar-refractivity contribution in [1.29, 1.82) is 0 Å². The van der Waals surface area contributed by atoms with Crippen molar-refractivity contribution in [1.82, 2.24) is 5.32 Å². The standard InChI is InChI=1S/C20H16ClIN2O5/c1-3-29-16-8-11(7-15(22)17(16)25)6-13-18(26)23-20(28)24(19(13)27)12-5-4-10(2)14(21)9-12/h4-9,25H,3H2,1-2H3,(H,23,26,28)/b13-6-. The van der Waals surface area contributed by atoms with Gasteiger partial charge in [-0.2, -0.15) is 0 Å². The first-order valence-electron chi connectivity index (χ1n) is 8.55. The summed E-state index contributed by atoms with van der Waals surface area (Å²) in [7, 11) is 0. The summed E-state index contributed by atoms with van der Waals surface area (Å²) in [6, 6.07) is 6.98. The first-order chi connectivity index (χ1) is 13.7. The lowest BCUT2D eigenvalue weighted by atomic mass is 10.1. The Kier molecular flexibility index (Phi) is 6.13. The number of phenolic OH excluding ortho intramolecular Hbond substituents is 1. The number of amides is 4. The van der Waals surface area contributed by atoms with E-state index in [4.69, 9.17) is 16.3 Å². The first kappa shape index (κ1) is 21.1. The molecule has 1 heterocycles. The van der Waals surface area contributed by atoms with E-state index in [9.17, 15) is 19.5 Å². The molecule has 0 spiro atoms. The summed E-state index contributed by atoms with van der Waals surface area (Å²) in [5, 5.41) is 12.6. The van der Waals surface area contributed by atoms with Gasteiger partial charge in [0, 0.05) is 5.02 Å². The Labute approximate surface area is 185 Å². The molecule has 2 aromatic rings. The summed E-state index contributed by atoms with van der Waals surface area (Å²) in [6.07, 6.45) is 1.34. The van der Waals surface area contributed by atoms with Gasteiger partial charge in [0.15, 0.2) is 11.5 Å². The Hall–Kier alpha value is -2.59. The number of urea groups is 1. The van der Waals surface area contributed by atoms with Crippen molar-refractivity contribution in [3.8, 4) is 11.5 Å². The second-order valence-electron chi connectivity index (χ2n) is 6.17. The molecule has 0 bridgehead atoms. The molecule has 2 aromatic carbocycles. The number of nitrogens with zero attached hydrogens (tertiary/aromatic N) is 1. The van der Waals surface area contributed by atoms with Crippen molar-refractivity contribution in [2.24, 2.45) is 0 Å². The molecular weight excluding hydrogens is 511 g/mol. The molecule has 29 heavy (non-hydrogen) atoms. The smallest absolute Gasteiger partial charge is 0.335 e. The highest BCUT2D eigenvalue weighted by atomic mass is 127. The van der Waals surface area contributed by atoms with E-state index in [1.165, 1.54) is 18.2 Å². The number of barbiturate groups is 1. The Bertz CT molecular complexity index is 1070. The molecule has 0 aromatic heterocycles. The molecule has 0 saturated carbocycles. The van der Waals surface area contributed by atoms with Crippen LogP contribution in [-0.4, -0.2) is 29.6 Å². The van der Waals surface area contributed by atoms with E-state index < -0.39 is 17.8 Å². The third kappa shape index (κ3) is 4.23. The second kappa shape index (κ2) is 8.42. The highest BCUT2D eigenvalue weighted by Gasteiger charge is 2.37. The number of imide groups is 2. The van der Waals surface area contributed by atoms with Crippen molar-refractivity contribution in [2.75, 3.05) is 11.5 Å². The topological polar surface area (TPSA) is 95.9 Å². The summed E-state index contributed by atoms with van der Waals surface area (Å²) in [6.45, 7) is 3.90. The lowest BCUT2D eigenvalue weighted by Gasteiger charge is -2.26. The summed E-state index contributed by atoms with van der Waals surface area (Å²) in [5.41, 5.74) is 1.27. The maximum atomic E-state index is 13.0. The van der Waals surface area contributed by atoms with Crippen molar-refractivity contribution in [2.45, 2.75) is 13.8 Å². The third-order valence-corrected chi connectivity index (χ3v) is 5.41. The molecule has 0 aliphatic carbocycles. The monoisotopic (exact) mass is 526 g/mol. The zero-order chi connectivity index (χ0) is 21.3. The predicted molar refractivity (Wildman–Crippen MR) is 117 cm³/mol. The van der Waals surface area contributed by atoms with Gasteiger partial charge in [-0.05, 0) is 77.9 Å². The number of nitrogens with one attached hydrogen (secondary N) is 1. The molecule has 1 aliphatic heterocycles. The quantitative estimate of drug-likeness (QED) is 0.356. The molecule has 4 amide bonds. The minimum atomic E-state index is -0.854. The highest BCUT2D eigenvalue weighted by molar-refractivity contribution is 14.1. The summed E-state index contributed by atoms with van der Waals surface area (Å²) in [4.78, 5) is 38.4. The number of rotatable bonds is 4. The maximum Gasteiger partial charge on any atom is 0.335 e. The van der Waals surface area contributed by atoms with E-state index in [-0.39, 0.29) is 22.8 Å². The molecule has 7 nitrogen and oxygen atoms in total. The molecule has 0 radical (unpaired) electrons. The van der Waals surface area contributed by atoms with Crippen LogP contribution in [0.3, 0.4) is 0 Å². The number of anilines is 1. The van der Waals surface area contributed by atoms with Crippen LogP contribution in [0.5, 0.6) is 11.5 Å². The van der Waals surface area contributed by atoms with Gasteiger partial charge < -0.3 is 9.84 Å². The van der Waals surface area contributed by atoms with Crippen molar-refractivity contribution >= 4 is 63.8 Å². The maximum absolute atomic E-state index is 13.0. The van der Waals surface area contributed by atoms with Crippen molar-refractivity contribution < 1.29 is 24.2 Å². The van der Waals surface area contributed by atoms with Crippen LogP contribution in [0.1, 0.15) is 18.1 Å². The lowest BCUT2D eigenvalue weighted by Crippen LogP contribution is -2.54. The Morgan fingerprint density at radius 2 is 1.97 bits per heavy atom. The predicted octanol–water partition coefficient (Wildman–Crippen LogP) is 4.02. The molecule has 3 rings (SSSR count). The Morgan fingerprint density at radius 3 is 2.62 bits per heavy atom. The van der Waals surface area contributed by atoms with Gasteiger partial charge >= 0.3 is 6.03 Å². The van der Waals surface area contributed by atoms with Gasteiger partial charge in [-0.25, -0.2) is 9.69 Å². The van der Waals surface area contributed by atoms with Gasteiger partial charge in [0.1, 0.15) is 5.57 Å². The van der Waals surface area contributed by atoms with Crippen LogP contribution in [0.4, 0.5) is 10.5 Å². The number of aromatic hydroxyl groups is 1. The van der Waals surface area contributed by atoms with Crippen LogP contribution < -0.4 is 15.0 Å². The van der Waals surface area contributed by atoms with Crippen LogP contribution in [0.2, 0.25) is 5.02 Å². The molecule has 0 unspecified atom stereocenters. The largest absolute Gasteiger partial charge is 0.504 e. The minimum Gasteiger partial charge on any atom is -0.504 e. The van der Waals surface area contributed by atoms with Gasteiger partial charge in [-0.15, -0.1) is 0 Å². The van der Waals surface area contributed by atoms with E-state index in [1.54, 1.807) is 32.0 Å². The van der Waals surface area contributed by atoms with E-state index in [0.29, 0.717) is 20.8 Å². The molecular formula is C20H16ClIN2O5. The fraction of sp³-hybridized carbons (Fsp3) is 0.150. The third-order valence-electron chi connectivity index (χ3n) is 4.18. The fourth-order valence-electron chi connectivity index (χ4n) is 2.72. The average molecular weight is 527 g/mol. The number of benzene rings is 2. The van der Waals surface area contributed by atoms with Crippen LogP contribution in [0.15, 0.2) is 35.9 Å². The number of ether oxygens (including phenoxy) is 1. The fourth-order valence-corrected chi connectivity index (χ4v) is 3.52. The van der Waals surface area contributed by atoms with Crippen LogP contribution in [-0.2, 0) is 9.59 Å². The molecule has 9 heteroatoms. The normalized spacial score (nSPS) is 15.7. The molecule has 0 atom stereocenters. The second-order valence-corrected chi connectivity index (χ2v) is 7.74. The number of carbonyl (C=O) groups excluding carboxylic acids is 3. The first-order valence-corrected chi connectivity index (χ1v) is 10.0. The molecule has 150 valence electrons. The van der Waals surface area contributed by atoms with Gasteiger partial charge in [0.25, 0.3) is 11.8 Å². The molecule has 1 fully saturated rings. The molecule has 2 N–H and O–H groups in total. The Balaban J connectivity index is 2.05. The van der Waals surface area contributed by atoms with E-state index >= 15 is 0 Å². The van der Waals surface area contributed by atoms with E-state index in [2.05, 4.69) is 5.32 Å². The van der Waals surface area contributed by atoms with Crippen LogP contribution in [0, 0.1) is 10.5 Å². The number of phenols is 1. The lowest BCUT2D eigenvalue weighted by molar-refractivity contribution is -0.122. The highest BCUT2D eigenvalue weighted by Crippen LogP contribution is 2.34. The minimum absolute atomic E-state index is 0.0277. The van der Waals surface area contributed by atoms with Gasteiger partial charge in [0.2, 0.25) is 0 Å². The summed E-state index contributed by atoms with van der Waals surface area (Å²) in [5.74, 6) is -1.39. The SMILES string of the molecule is CCOc1cc(/C=C2/C(=O)NC(=O)N(c3ccc(C)c(Cl)c3)C2=O)cc(I)c1O. The number of hydrogen-bond acceptors (Lipinski definition) is 5. The van der Waals surface area contributed by atoms with Gasteiger partial charge in [0.05, 0.1) is 15.9 Å². The van der Waals surface area contributed by atoms with Crippen LogP contribution >= 0.6 is 34.2 Å². The van der Waals surface area contributed by atoms with Crippen LogP contribution in [0.25, 0.3) is 6.08 Å². The molecule has 1 aliphatic rings. The number of aryl methyl sites for hydroxylation is 1. The van der Waals surface area contributed by atoms with E-state index in [1.807, 2.05) is 22.6 Å². The van der Waals surface area contributed by atoms with Crippen molar-refractivity contribution in [3.05, 3.63) is 55.6 Å². The van der Waals surface area contributed by atoms with Crippen molar-refractivity contribution in [3.63, 3.8) is 0 Å².